The summed E-state index contributed by atoms with van der Waals surface area (Å²) in [4.78, 5) is 11.3. The molecule has 78 valence electrons. The molecule has 15 heavy (non-hydrogen) atoms. The molecule has 4 heteroatoms. The van der Waals surface area contributed by atoms with Crippen molar-refractivity contribution in [2.75, 3.05) is 19.5 Å². The number of hydrogen-bond acceptors (Lipinski definition) is 4. The first-order valence-electron chi connectivity index (χ1n) is 4.23. The number of anilines is 1. The van der Waals surface area contributed by atoms with Crippen molar-refractivity contribution in [3.05, 3.63) is 23.8 Å². The van der Waals surface area contributed by atoms with Gasteiger partial charge in [0.15, 0.2) is 0 Å². The Labute approximate surface area is 88.0 Å². The highest BCUT2D eigenvalue weighted by Gasteiger charge is 2.12. The molecule has 0 spiro atoms. The van der Waals surface area contributed by atoms with E-state index in [0.717, 1.165) is 0 Å². The average Bonchev–Trinajstić information content (AvgIpc) is 2.27. The van der Waals surface area contributed by atoms with Gasteiger partial charge in [0.05, 0.1) is 18.4 Å². The first-order valence-corrected chi connectivity index (χ1v) is 4.23. The first kappa shape index (κ1) is 10.9. The zero-order chi connectivity index (χ0) is 11.3. The number of para-hydroxylation sites is 1. The van der Waals surface area contributed by atoms with Gasteiger partial charge in [-0.25, -0.2) is 4.79 Å². The Bertz CT molecular complexity index is 407. The number of hydrogen-bond donors (Lipinski definition) is 1. The second kappa shape index (κ2) is 4.91. The maximum Gasteiger partial charge on any atom is 0.340 e. The third-order valence-corrected chi connectivity index (χ3v) is 1.78. The zero-order valence-electron chi connectivity index (χ0n) is 8.32. The summed E-state index contributed by atoms with van der Waals surface area (Å²) < 4.78 is 9.71. The van der Waals surface area contributed by atoms with E-state index in [1.807, 2.05) is 0 Å². The molecule has 0 radical (unpaired) electrons. The van der Waals surface area contributed by atoms with Crippen LogP contribution in [-0.4, -0.2) is 19.7 Å². The summed E-state index contributed by atoms with van der Waals surface area (Å²) >= 11 is 0. The molecule has 1 aromatic carbocycles. The van der Waals surface area contributed by atoms with Crippen molar-refractivity contribution in [1.82, 2.24) is 0 Å². The number of rotatable bonds is 3. The molecule has 0 aliphatic heterocycles. The number of esters is 1. The van der Waals surface area contributed by atoms with Crippen LogP contribution in [0.25, 0.3) is 0 Å². The van der Waals surface area contributed by atoms with Crippen LogP contribution in [0.3, 0.4) is 0 Å². The number of nitrogen functional groups attached to an aromatic ring is 1. The zero-order valence-corrected chi connectivity index (χ0v) is 8.32. The highest BCUT2D eigenvalue weighted by molar-refractivity contribution is 5.96. The Hall–Kier alpha value is -2.15. The minimum atomic E-state index is -0.501. The minimum absolute atomic E-state index is 0.106. The van der Waals surface area contributed by atoms with E-state index >= 15 is 0 Å². The van der Waals surface area contributed by atoms with E-state index in [4.69, 9.17) is 16.9 Å². The number of terminal acetylenes is 1. The molecule has 4 nitrogen and oxygen atoms in total. The van der Waals surface area contributed by atoms with Crippen LogP contribution < -0.4 is 10.5 Å². The molecule has 0 saturated heterocycles. The van der Waals surface area contributed by atoms with Gasteiger partial charge < -0.3 is 15.2 Å². The molecule has 0 saturated carbocycles. The maximum absolute atomic E-state index is 11.3. The van der Waals surface area contributed by atoms with E-state index < -0.39 is 5.97 Å². The Balaban J connectivity index is 3.01. The second-order valence-corrected chi connectivity index (χ2v) is 2.70. The summed E-state index contributed by atoms with van der Waals surface area (Å²) in [5, 5.41) is 0. The first-order chi connectivity index (χ1) is 7.20. The Kier molecular flexibility index (Phi) is 3.58. The summed E-state index contributed by atoms with van der Waals surface area (Å²) in [6.45, 7) is 0.106. The fourth-order valence-corrected chi connectivity index (χ4v) is 1.08. The maximum atomic E-state index is 11.3. The minimum Gasteiger partial charge on any atom is -0.479 e. The van der Waals surface area contributed by atoms with Crippen LogP contribution in [0.4, 0.5) is 5.69 Å². The van der Waals surface area contributed by atoms with Crippen LogP contribution in [0, 0.1) is 12.3 Å². The molecular weight excluding hydrogens is 194 g/mol. The van der Waals surface area contributed by atoms with Crippen molar-refractivity contribution in [2.45, 2.75) is 0 Å². The lowest BCUT2D eigenvalue weighted by Gasteiger charge is -2.09. The van der Waals surface area contributed by atoms with Crippen molar-refractivity contribution in [3.8, 4) is 18.1 Å². The predicted octanol–water partition coefficient (Wildman–Crippen LogP) is 1.07. The van der Waals surface area contributed by atoms with E-state index in [1.54, 1.807) is 18.2 Å². The lowest BCUT2D eigenvalue weighted by Crippen LogP contribution is -2.07. The van der Waals surface area contributed by atoms with Crippen molar-refractivity contribution in [3.63, 3.8) is 0 Å². The SMILES string of the molecule is C#CCOc1cccc(C(=O)OC)c1N. The van der Waals surface area contributed by atoms with Gasteiger partial charge >= 0.3 is 5.97 Å². The standard InChI is InChI=1S/C11H11NO3/c1-3-7-15-9-6-4-5-8(10(9)12)11(13)14-2/h1,4-6H,7,12H2,2H3. The van der Waals surface area contributed by atoms with Gasteiger partial charge in [-0.1, -0.05) is 12.0 Å². The highest BCUT2D eigenvalue weighted by atomic mass is 16.5. The van der Waals surface area contributed by atoms with Gasteiger partial charge in [0.2, 0.25) is 0 Å². The molecule has 1 rings (SSSR count). The van der Waals surface area contributed by atoms with Gasteiger partial charge in [-0.15, -0.1) is 6.42 Å². The van der Waals surface area contributed by atoms with Gasteiger partial charge in [-0.3, -0.25) is 0 Å². The predicted molar refractivity (Wildman–Crippen MR) is 56.5 cm³/mol. The third kappa shape index (κ3) is 2.41. The van der Waals surface area contributed by atoms with E-state index in [1.165, 1.54) is 7.11 Å². The van der Waals surface area contributed by atoms with Crippen molar-refractivity contribution < 1.29 is 14.3 Å². The molecule has 2 N–H and O–H groups in total. The van der Waals surface area contributed by atoms with E-state index in [9.17, 15) is 4.79 Å². The van der Waals surface area contributed by atoms with Crippen molar-refractivity contribution in [1.29, 1.82) is 0 Å². The fourth-order valence-electron chi connectivity index (χ4n) is 1.08. The lowest BCUT2D eigenvalue weighted by atomic mass is 10.1. The van der Waals surface area contributed by atoms with Crippen LogP contribution in [0.2, 0.25) is 0 Å². The summed E-state index contributed by atoms with van der Waals surface area (Å²) in [6, 6.07) is 4.84. The van der Waals surface area contributed by atoms with E-state index in [0.29, 0.717) is 5.75 Å². The average molecular weight is 205 g/mol. The topological polar surface area (TPSA) is 61.5 Å². The van der Waals surface area contributed by atoms with Gasteiger partial charge in [0, 0.05) is 0 Å². The number of benzene rings is 1. The number of ether oxygens (including phenoxy) is 2. The Morgan fingerprint density at radius 2 is 2.33 bits per heavy atom. The smallest absolute Gasteiger partial charge is 0.340 e. The molecule has 0 fully saturated rings. The Morgan fingerprint density at radius 1 is 1.60 bits per heavy atom. The molecule has 0 aliphatic carbocycles. The molecule has 0 aromatic heterocycles. The molecule has 1 aromatic rings. The van der Waals surface area contributed by atoms with E-state index in [-0.39, 0.29) is 17.9 Å². The molecular formula is C11H11NO3. The third-order valence-electron chi connectivity index (χ3n) is 1.78. The molecule has 0 unspecified atom stereocenters. The summed E-state index contributed by atoms with van der Waals surface area (Å²) in [5.74, 6) is 2.20. The van der Waals surface area contributed by atoms with Crippen molar-refractivity contribution >= 4 is 11.7 Å². The van der Waals surface area contributed by atoms with Gasteiger partial charge in [-0.05, 0) is 12.1 Å². The lowest BCUT2D eigenvalue weighted by molar-refractivity contribution is 0.0601. The van der Waals surface area contributed by atoms with E-state index in [2.05, 4.69) is 10.7 Å². The highest BCUT2D eigenvalue weighted by Crippen LogP contribution is 2.25. The van der Waals surface area contributed by atoms with Crippen molar-refractivity contribution in [2.24, 2.45) is 0 Å². The summed E-state index contributed by atoms with van der Waals surface area (Å²) in [7, 11) is 1.29. The molecule has 0 heterocycles. The van der Waals surface area contributed by atoms with Gasteiger partial charge in [0.25, 0.3) is 0 Å². The molecule has 0 aliphatic rings. The Morgan fingerprint density at radius 3 is 2.93 bits per heavy atom. The summed E-state index contributed by atoms with van der Waals surface area (Å²) in [6.07, 6.45) is 5.04. The molecule has 0 atom stereocenters. The normalized spacial score (nSPS) is 9.07. The van der Waals surface area contributed by atoms with Crippen LogP contribution in [0.5, 0.6) is 5.75 Å². The number of carbonyl (C=O) groups excluding carboxylic acids is 1. The largest absolute Gasteiger partial charge is 0.479 e. The fraction of sp³-hybridized carbons (Fsp3) is 0.182. The quantitative estimate of drug-likeness (QED) is 0.455. The molecule has 0 amide bonds. The number of nitrogens with two attached hydrogens (primary N) is 1. The monoisotopic (exact) mass is 205 g/mol. The number of carbonyl (C=O) groups is 1. The van der Waals surface area contributed by atoms with Crippen LogP contribution in [-0.2, 0) is 4.74 Å². The van der Waals surface area contributed by atoms with Gasteiger partial charge in [0.1, 0.15) is 12.4 Å². The summed E-state index contributed by atoms with van der Waals surface area (Å²) in [5.41, 5.74) is 6.21. The van der Waals surface area contributed by atoms with Crippen LogP contribution in [0.15, 0.2) is 18.2 Å². The second-order valence-electron chi connectivity index (χ2n) is 2.70. The molecule has 0 bridgehead atoms. The van der Waals surface area contributed by atoms with Gasteiger partial charge in [-0.2, -0.15) is 0 Å². The number of methoxy groups -OCH3 is 1. The van der Waals surface area contributed by atoms with Crippen LogP contribution in [0.1, 0.15) is 10.4 Å². The van der Waals surface area contributed by atoms with Crippen LogP contribution >= 0.6 is 0 Å².